The maximum atomic E-state index is 12.3. The molecule has 0 radical (unpaired) electrons. The van der Waals surface area contributed by atoms with Crippen LogP contribution in [0.4, 0.5) is 0 Å². The molecule has 0 aliphatic rings. The second-order valence-electron chi connectivity index (χ2n) is 8.25. The second-order valence-corrected chi connectivity index (χ2v) is 8.25. The molecule has 0 aromatic heterocycles. The molecule has 0 atom stereocenters. The van der Waals surface area contributed by atoms with Crippen molar-refractivity contribution < 1.29 is 14.3 Å². The Balaban J connectivity index is 2.90. The van der Waals surface area contributed by atoms with Crippen molar-refractivity contribution in [3.63, 3.8) is 0 Å². The first-order valence-electron chi connectivity index (χ1n) is 7.88. The van der Waals surface area contributed by atoms with Gasteiger partial charge in [0, 0.05) is 0 Å². The quantitative estimate of drug-likeness (QED) is 0.846. The third-order valence-electron chi connectivity index (χ3n) is 3.89. The fourth-order valence-electron chi connectivity index (χ4n) is 2.18. The minimum absolute atomic E-state index is 0.216. The van der Waals surface area contributed by atoms with Crippen LogP contribution in [-0.2, 0) is 26.2 Å². The normalized spacial score (nSPS) is 12.8. The Hall–Kier alpha value is -1.84. The summed E-state index contributed by atoms with van der Waals surface area (Å²) in [5, 5.41) is 0. The van der Waals surface area contributed by atoms with Crippen molar-refractivity contribution in [2.75, 3.05) is 0 Å². The molecular weight excluding hydrogens is 290 g/mol. The number of esters is 1. The minimum Gasteiger partial charge on any atom is -0.460 e. The number of hydrogen-bond acceptors (Lipinski definition) is 3. The lowest BCUT2D eigenvalue weighted by Gasteiger charge is -2.28. The van der Waals surface area contributed by atoms with Crippen LogP contribution in [0.3, 0.4) is 0 Å². The Morgan fingerprint density at radius 3 is 1.83 bits per heavy atom. The lowest BCUT2D eigenvalue weighted by Crippen LogP contribution is -2.36. The largest absolute Gasteiger partial charge is 0.460 e. The van der Waals surface area contributed by atoms with Crippen molar-refractivity contribution >= 4 is 11.9 Å². The summed E-state index contributed by atoms with van der Waals surface area (Å²) in [4.78, 5) is 23.8. The van der Waals surface area contributed by atoms with E-state index in [1.54, 1.807) is 13.8 Å². The van der Waals surface area contributed by atoms with E-state index in [1.165, 1.54) is 0 Å². The first-order valence-corrected chi connectivity index (χ1v) is 7.88. The molecule has 0 bridgehead atoms. The van der Waals surface area contributed by atoms with Gasteiger partial charge in [-0.25, -0.2) is 0 Å². The van der Waals surface area contributed by atoms with E-state index in [0.29, 0.717) is 6.42 Å². The second kappa shape index (κ2) is 6.34. The minimum atomic E-state index is -0.709. The predicted octanol–water partition coefficient (Wildman–Crippen LogP) is 3.36. The molecule has 4 nitrogen and oxygen atoms in total. The molecule has 1 aromatic carbocycles. The number of carbonyl (C=O) groups excluding carboxylic acids is 2. The lowest BCUT2D eigenvalue weighted by molar-refractivity contribution is -0.165. The third kappa shape index (κ3) is 5.08. The van der Waals surface area contributed by atoms with E-state index >= 15 is 0 Å². The van der Waals surface area contributed by atoms with Crippen LogP contribution in [0.1, 0.15) is 59.6 Å². The molecule has 1 aromatic rings. The van der Waals surface area contributed by atoms with Crippen LogP contribution >= 0.6 is 0 Å². The van der Waals surface area contributed by atoms with Crippen LogP contribution in [0.2, 0.25) is 0 Å². The number of ether oxygens (including phenoxy) is 1. The number of nitrogens with two attached hydrogens (primary N) is 1. The molecule has 128 valence electrons. The summed E-state index contributed by atoms with van der Waals surface area (Å²) < 4.78 is 5.48. The molecule has 0 heterocycles. The molecule has 0 fully saturated rings. The molecular formula is C19H29NO3. The van der Waals surface area contributed by atoms with Crippen LogP contribution in [0, 0.1) is 5.41 Å². The zero-order chi connectivity index (χ0) is 18.1. The van der Waals surface area contributed by atoms with Crippen molar-refractivity contribution in [3.05, 3.63) is 35.4 Å². The fourth-order valence-corrected chi connectivity index (χ4v) is 2.18. The van der Waals surface area contributed by atoms with E-state index in [-0.39, 0.29) is 11.9 Å². The fraction of sp³-hybridized carbons (Fsp3) is 0.579. The van der Waals surface area contributed by atoms with Gasteiger partial charge >= 0.3 is 5.97 Å². The van der Waals surface area contributed by atoms with E-state index in [0.717, 1.165) is 11.1 Å². The molecule has 1 amide bonds. The molecule has 23 heavy (non-hydrogen) atoms. The lowest BCUT2D eigenvalue weighted by atomic mass is 9.81. The third-order valence-corrected chi connectivity index (χ3v) is 3.89. The van der Waals surface area contributed by atoms with Crippen molar-refractivity contribution in [2.45, 2.75) is 65.9 Å². The average Bonchev–Trinajstić information content (AvgIpc) is 2.36. The van der Waals surface area contributed by atoms with Crippen molar-refractivity contribution in [2.24, 2.45) is 11.1 Å². The van der Waals surface area contributed by atoms with Crippen molar-refractivity contribution in [3.8, 4) is 0 Å². The molecule has 0 unspecified atom stereocenters. The van der Waals surface area contributed by atoms with E-state index in [9.17, 15) is 9.59 Å². The molecule has 0 saturated carbocycles. The van der Waals surface area contributed by atoms with E-state index < -0.39 is 16.4 Å². The summed E-state index contributed by atoms with van der Waals surface area (Å²) in [5.74, 6) is -0.578. The maximum absolute atomic E-state index is 12.3. The van der Waals surface area contributed by atoms with Crippen molar-refractivity contribution in [1.29, 1.82) is 0 Å². The first-order chi connectivity index (χ1) is 10.3. The van der Waals surface area contributed by atoms with Crippen LogP contribution in [0.15, 0.2) is 24.3 Å². The summed E-state index contributed by atoms with van der Waals surface area (Å²) in [6, 6.07) is 7.66. The standard InChI is InChI=1S/C19H29NO3/c1-17(2,3)23-16(22)18(4,5)12-13-8-10-14(11-9-13)19(6,7)15(20)21/h8-11H,12H2,1-7H3,(H2,20,21). The number of hydrogen-bond donors (Lipinski definition) is 1. The van der Waals surface area contributed by atoms with Gasteiger partial charge in [0.1, 0.15) is 5.60 Å². The van der Waals surface area contributed by atoms with Gasteiger partial charge in [-0.2, -0.15) is 0 Å². The Labute approximate surface area is 139 Å². The summed E-state index contributed by atoms with van der Waals surface area (Å²) >= 11 is 0. The summed E-state index contributed by atoms with van der Waals surface area (Å²) in [6.07, 6.45) is 0.569. The highest BCUT2D eigenvalue weighted by Crippen LogP contribution is 2.28. The van der Waals surface area contributed by atoms with Crippen molar-refractivity contribution in [1.82, 2.24) is 0 Å². The van der Waals surface area contributed by atoms with Crippen LogP contribution in [0.5, 0.6) is 0 Å². The Kier molecular flexibility index (Phi) is 5.30. The molecule has 0 aliphatic heterocycles. The van der Waals surface area contributed by atoms with Gasteiger partial charge in [-0.3, -0.25) is 9.59 Å². The van der Waals surface area contributed by atoms with Crippen LogP contribution < -0.4 is 5.73 Å². The monoisotopic (exact) mass is 319 g/mol. The predicted molar refractivity (Wildman–Crippen MR) is 92.0 cm³/mol. The van der Waals surface area contributed by atoms with Gasteiger partial charge < -0.3 is 10.5 Å². The molecule has 0 aliphatic carbocycles. The topological polar surface area (TPSA) is 69.4 Å². The van der Waals surface area contributed by atoms with Gasteiger partial charge in [-0.1, -0.05) is 24.3 Å². The zero-order valence-corrected chi connectivity index (χ0v) is 15.3. The summed E-state index contributed by atoms with van der Waals surface area (Å²) in [6.45, 7) is 12.9. The SMILES string of the molecule is CC(C)(C)OC(=O)C(C)(C)Cc1ccc(C(C)(C)C(N)=O)cc1. The molecule has 0 spiro atoms. The van der Waals surface area contributed by atoms with Gasteiger partial charge in [0.15, 0.2) is 0 Å². The number of rotatable bonds is 5. The summed E-state index contributed by atoms with van der Waals surface area (Å²) in [7, 11) is 0. The Bertz CT molecular complexity index is 578. The number of carbonyl (C=O) groups is 2. The molecule has 1 rings (SSSR count). The highest BCUT2D eigenvalue weighted by atomic mass is 16.6. The van der Waals surface area contributed by atoms with Crippen LogP contribution in [-0.4, -0.2) is 17.5 Å². The molecule has 4 heteroatoms. The molecule has 0 saturated heterocycles. The highest BCUT2D eigenvalue weighted by Gasteiger charge is 2.33. The van der Waals surface area contributed by atoms with E-state index in [4.69, 9.17) is 10.5 Å². The number of benzene rings is 1. The first kappa shape index (κ1) is 19.2. The van der Waals surface area contributed by atoms with Gasteiger partial charge in [-0.05, 0) is 66.0 Å². The maximum Gasteiger partial charge on any atom is 0.312 e. The van der Waals surface area contributed by atoms with Gasteiger partial charge in [-0.15, -0.1) is 0 Å². The van der Waals surface area contributed by atoms with Gasteiger partial charge in [0.2, 0.25) is 5.91 Å². The average molecular weight is 319 g/mol. The Morgan fingerprint density at radius 2 is 1.43 bits per heavy atom. The molecule has 2 N–H and O–H groups in total. The van der Waals surface area contributed by atoms with Crippen LogP contribution in [0.25, 0.3) is 0 Å². The smallest absolute Gasteiger partial charge is 0.312 e. The number of primary amides is 1. The van der Waals surface area contributed by atoms with Gasteiger partial charge in [0.25, 0.3) is 0 Å². The zero-order valence-electron chi connectivity index (χ0n) is 15.3. The summed E-state index contributed by atoms with van der Waals surface area (Å²) in [5.41, 5.74) is 5.50. The van der Waals surface area contributed by atoms with Gasteiger partial charge in [0.05, 0.1) is 10.8 Å². The Morgan fingerprint density at radius 1 is 0.957 bits per heavy atom. The number of amides is 1. The highest BCUT2D eigenvalue weighted by molar-refractivity contribution is 5.85. The van der Waals surface area contributed by atoms with E-state index in [2.05, 4.69) is 0 Å². The van der Waals surface area contributed by atoms with E-state index in [1.807, 2.05) is 58.9 Å².